The van der Waals surface area contributed by atoms with Crippen molar-refractivity contribution >= 4 is 11.8 Å². The van der Waals surface area contributed by atoms with Gasteiger partial charge in [-0.2, -0.15) is 0 Å². The van der Waals surface area contributed by atoms with E-state index in [2.05, 4.69) is 10.3 Å². The van der Waals surface area contributed by atoms with Gasteiger partial charge in [0.2, 0.25) is 5.91 Å². The molecule has 6 nitrogen and oxygen atoms in total. The molecule has 1 unspecified atom stereocenters. The second-order valence-corrected chi connectivity index (χ2v) is 8.70. The van der Waals surface area contributed by atoms with Crippen molar-refractivity contribution in [2.24, 2.45) is 11.3 Å². The molecule has 1 spiro atoms. The van der Waals surface area contributed by atoms with Gasteiger partial charge >= 0.3 is 0 Å². The van der Waals surface area contributed by atoms with Gasteiger partial charge in [-0.15, -0.1) is 0 Å². The molecule has 2 heterocycles. The summed E-state index contributed by atoms with van der Waals surface area (Å²) >= 11 is 0. The minimum absolute atomic E-state index is 0.00735. The number of aromatic nitrogens is 1. The maximum Gasteiger partial charge on any atom is 0.254 e. The van der Waals surface area contributed by atoms with Crippen molar-refractivity contribution in [3.05, 3.63) is 59.9 Å². The first-order valence-electron chi connectivity index (χ1n) is 11.3. The molecular weight excluding hydrogens is 390 g/mol. The number of hydrogen-bond donors (Lipinski definition) is 1. The molecule has 0 radical (unpaired) electrons. The van der Waals surface area contributed by atoms with Gasteiger partial charge in [0, 0.05) is 43.0 Å². The van der Waals surface area contributed by atoms with Crippen LogP contribution in [0.2, 0.25) is 0 Å². The van der Waals surface area contributed by atoms with Gasteiger partial charge in [-0.05, 0) is 49.6 Å². The Morgan fingerprint density at radius 2 is 1.94 bits per heavy atom. The fraction of sp³-hybridized carbons (Fsp3) is 0.480. The van der Waals surface area contributed by atoms with Crippen LogP contribution in [-0.4, -0.2) is 41.4 Å². The van der Waals surface area contributed by atoms with E-state index in [1.165, 1.54) is 6.42 Å². The highest BCUT2D eigenvalue weighted by molar-refractivity contribution is 5.95. The van der Waals surface area contributed by atoms with E-state index in [1.807, 2.05) is 36.1 Å². The molecule has 1 aliphatic heterocycles. The van der Waals surface area contributed by atoms with Crippen LogP contribution < -0.4 is 10.1 Å². The van der Waals surface area contributed by atoms with E-state index in [9.17, 15) is 9.59 Å². The fourth-order valence-electron chi connectivity index (χ4n) is 5.15. The van der Waals surface area contributed by atoms with Crippen LogP contribution in [-0.2, 0) is 11.3 Å². The van der Waals surface area contributed by atoms with E-state index < -0.39 is 0 Å². The summed E-state index contributed by atoms with van der Waals surface area (Å²) in [5, 5.41) is 3.14. The minimum Gasteiger partial charge on any atom is -0.494 e. The largest absolute Gasteiger partial charge is 0.494 e. The molecule has 1 aromatic carbocycles. The van der Waals surface area contributed by atoms with Crippen molar-refractivity contribution in [3.8, 4) is 5.75 Å². The molecule has 164 valence electrons. The average Bonchev–Trinajstić information content (AvgIpc) is 3.17. The summed E-state index contributed by atoms with van der Waals surface area (Å²) in [4.78, 5) is 32.3. The van der Waals surface area contributed by atoms with Crippen LogP contribution in [0.1, 0.15) is 54.9 Å². The molecule has 2 fully saturated rings. The molecule has 2 amide bonds. The van der Waals surface area contributed by atoms with Crippen LogP contribution in [0.3, 0.4) is 0 Å². The Morgan fingerprint density at radius 3 is 2.68 bits per heavy atom. The Balaban J connectivity index is 1.47. The van der Waals surface area contributed by atoms with Crippen molar-refractivity contribution in [2.45, 2.75) is 45.6 Å². The zero-order valence-electron chi connectivity index (χ0n) is 18.2. The third kappa shape index (κ3) is 4.73. The van der Waals surface area contributed by atoms with E-state index in [1.54, 1.807) is 24.5 Å². The summed E-state index contributed by atoms with van der Waals surface area (Å²) in [5.41, 5.74) is 1.53. The van der Waals surface area contributed by atoms with Crippen LogP contribution in [0.25, 0.3) is 0 Å². The molecule has 1 N–H and O–H groups in total. The highest BCUT2D eigenvalue weighted by Gasteiger charge is 2.51. The molecule has 2 aliphatic rings. The second-order valence-electron chi connectivity index (χ2n) is 8.70. The molecule has 1 saturated heterocycles. The maximum atomic E-state index is 13.3. The topological polar surface area (TPSA) is 71.5 Å². The zero-order valence-corrected chi connectivity index (χ0v) is 18.2. The summed E-state index contributed by atoms with van der Waals surface area (Å²) in [6, 6.07) is 11.3. The van der Waals surface area contributed by atoms with Gasteiger partial charge in [-0.25, -0.2) is 0 Å². The SMILES string of the molecule is CCOc1cccc(CNC(=O)C2CN(C(=O)c3ccncc3)CC23CCCCC3)c1. The number of amides is 2. The lowest BCUT2D eigenvalue weighted by atomic mass is 9.67. The van der Waals surface area contributed by atoms with Crippen LogP contribution >= 0.6 is 0 Å². The number of likely N-dealkylation sites (tertiary alicyclic amines) is 1. The van der Waals surface area contributed by atoms with Crippen molar-refractivity contribution in [1.82, 2.24) is 15.2 Å². The van der Waals surface area contributed by atoms with Crippen molar-refractivity contribution in [3.63, 3.8) is 0 Å². The van der Waals surface area contributed by atoms with Gasteiger partial charge in [0.05, 0.1) is 12.5 Å². The molecule has 4 rings (SSSR count). The van der Waals surface area contributed by atoms with Crippen LogP contribution in [0, 0.1) is 11.3 Å². The number of benzene rings is 1. The summed E-state index contributed by atoms with van der Waals surface area (Å²) in [5.74, 6) is 0.683. The van der Waals surface area contributed by atoms with Crippen molar-refractivity contribution < 1.29 is 14.3 Å². The highest BCUT2D eigenvalue weighted by Crippen LogP contribution is 2.48. The first-order chi connectivity index (χ1) is 15.1. The third-order valence-corrected chi connectivity index (χ3v) is 6.70. The zero-order chi connectivity index (χ0) is 21.7. The summed E-state index contributed by atoms with van der Waals surface area (Å²) in [7, 11) is 0. The average molecular weight is 422 g/mol. The number of pyridine rings is 1. The number of ether oxygens (including phenoxy) is 1. The number of carbonyl (C=O) groups excluding carboxylic acids is 2. The van der Waals surface area contributed by atoms with Gasteiger partial charge in [0.15, 0.2) is 0 Å². The lowest BCUT2D eigenvalue weighted by Crippen LogP contribution is -2.42. The van der Waals surface area contributed by atoms with Gasteiger partial charge in [-0.1, -0.05) is 31.4 Å². The number of hydrogen-bond acceptors (Lipinski definition) is 4. The molecule has 1 atom stereocenters. The lowest BCUT2D eigenvalue weighted by Gasteiger charge is -2.37. The van der Waals surface area contributed by atoms with Gasteiger partial charge < -0.3 is 15.0 Å². The fourth-order valence-corrected chi connectivity index (χ4v) is 5.15. The predicted molar refractivity (Wildman–Crippen MR) is 119 cm³/mol. The smallest absolute Gasteiger partial charge is 0.254 e. The van der Waals surface area contributed by atoms with E-state index >= 15 is 0 Å². The highest BCUT2D eigenvalue weighted by atomic mass is 16.5. The standard InChI is InChI=1S/C25H31N3O3/c1-2-31-21-8-6-7-19(15-21)16-27-23(29)22-17-28(18-25(22)11-4-3-5-12-25)24(30)20-9-13-26-14-10-20/h6-10,13-15,22H,2-5,11-12,16-18H2,1H3,(H,27,29). The van der Waals surface area contributed by atoms with Gasteiger partial charge in [-0.3, -0.25) is 14.6 Å². The lowest BCUT2D eigenvalue weighted by molar-refractivity contribution is -0.128. The van der Waals surface area contributed by atoms with Crippen LogP contribution in [0.4, 0.5) is 0 Å². The summed E-state index contributed by atoms with van der Waals surface area (Å²) in [6.45, 7) is 4.17. The first kappa shape index (κ1) is 21.3. The Kier molecular flexibility index (Phi) is 6.54. The molecule has 1 saturated carbocycles. The van der Waals surface area contributed by atoms with E-state index in [0.29, 0.717) is 31.8 Å². The molecule has 1 aliphatic carbocycles. The Morgan fingerprint density at radius 1 is 1.16 bits per heavy atom. The maximum absolute atomic E-state index is 13.3. The van der Waals surface area contributed by atoms with Gasteiger partial charge in [0.1, 0.15) is 5.75 Å². The van der Waals surface area contributed by atoms with E-state index in [0.717, 1.165) is 37.0 Å². The second kappa shape index (κ2) is 9.50. The van der Waals surface area contributed by atoms with Crippen molar-refractivity contribution in [2.75, 3.05) is 19.7 Å². The molecule has 1 aromatic heterocycles. The quantitative estimate of drug-likeness (QED) is 0.770. The number of nitrogens with zero attached hydrogens (tertiary/aromatic N) is 2. The van der Waals surface area contributed by atoms with Gasteiger partial charge in [0.25, 0.3) is 5.91 Å². The number of nitrogens with one attached hydrogen (secondary N) is 1. The molecule has 31 heavy (non-hydrogen) atoms. The van der Waals surface area contributed by atoms with E-state index in [-0.39, 0.29) is 23.1 Å². The Bertz CT molecular complexity index is 909. The summed E-state index contributed by atoms with van der Waals surface area (Å²) < 4.78 is 5.56. The Hall–Kier alpha value is -2.89. The predicted octanol–water partition coefficient (Wildman–Crippen LogP) is 3.82. The summed E-state index contributed by atoms with van der Waals surface area (Å²) in [6.07, 6.45) is 8.74. The molecular formula is C25H31N3O3. The first-order valence-corrected chi connectivity index (χ1v) is 11.3. The molecule has 2 aromatic rings. The van der Waals surface area contributed by atoms with Crippen LogP contribution in [0.5, 0.6) is 5.75 Å². The third-order valence-electron chi connectivity index (χ3n) is 6.70. The van der Waals surface area contributed by atoms with E-state index in [4.69, 9.17) is 4.74 Å². The number of rotatable bonds is 6. The molecule has 6 heteroatoms. The Labute approximate surface area is 184 Å². The molecule has 0 bridgehead atoms. The normalized spacial score (nSPS) is 19.9. The van der Waals surface area contributed by atoms with Crippen LogP contribution in [0.15, 0.2) is 48.8 Å². The minimum atomic E-state index is -0.173. The number of carbonyl (C=O) groups is 2. The van der Waals surface area contributed by atoms with Crippen molar-refractivity contribution in [1.29, 1.82) is 0 Å². The monoisotopic (exact) mass is 421 g/mol.